The maximum absolute atomic E-state index is 12.0. The number of aliphatic carboxylic acids is 1. The highest BCUT2D eigenvalue weighted by atomic mass is 127. The lowest BCUT2D eigenvalue weighted by atomic mass is 10.1. The van der Waals surface area contributed by atoms with Crippen LogP contribution in [0.15, 0.2) is 35.7 Å². The van der Waals surface area contributed by atoms with Crippen LogP contribution in [0.5, 0.6) is 0 Å². The molecule has 0 aliphatic heterocycles. The van der Waals surface area contributed by atoms with Crippen LogP contribution in [0.2, 0.25) is 0 Å². The van der Waals surface area contributed by atoms with Gasteiger partial charge in [-0.25, -0.2) is 0 Å². The van der Waals surface area contributed by atoms with Crippen LogP contribution in [0.25, 0.3) is 0 Å². The van der Waals surface area contributed by atoms with Crippen LogP contribution in [0.4, 0.5) is 5.69 Å². The van der Waals surface area contributed by atoms with Gasteiger partial charge in [-0.05, 0) is 52.8 Å². The number of nitrogens with one attached hydrogen (secondary N) is 1. The second-order valence-electron chi connectivity index (χ2n) is 4.19. The smallest absolute Gasteiger partial charge is 0.303 e. The van der Waals surface area contributed by atoms with Crippen molar-refractivity contribution in [3.8, 4) is 0 Å². The van der Waals surface area contributed by atoms with Gasteiger partial charge in [-0.3, -0.25) is 9.59 Å². The lowest BCUT2D eigenvalue weighted by molar-refractivity contribution is -0.136. The van der Waals surface area contributed by atoms with Crippen molar-refractivity contribution in [3.63, 3.8) is 0 Å². The van der Waals surface area contributed by atoms with E-state index in [0.29, 0.717) is 17.7 Å². The average Bonchev–Trinajstić information content (AvgIpc) is 2.84. The number of anilines is 1. The summed E-state index contributed by atoms with van der Waals surface area (Å²) >= 11 is 3.69. The molecule has 0 spiro atoms. The second kappa shape index (κ2) is 6.85. The van der Waals surface area contributed by atoms with E-state index in [0.717, 1.165) is 8.45 Å². The predicted molar refractivity (Wildman–Crippen MR) is 87.4 cm³/mol. The maximum Gasteiger partial charge on any atom is 0.303 e. The van der Waals surface area contributed by atoms with E-state index in [1.54, 1.807) is 12.1 Å². The van der Waals surface area contributed by atoms with E-state index in [4.69, 9.17) is 5.11 Å². The molecule has 0 saturated carbocycles. The van der Waals surface area contributed by atoms with E-state index < -0.39 is 5.97 Å². The number of halogens is 1. The number of hydrogen-bond acceptors (Lipinski definition) is 3. The zero-order chi connectivity index (χ0) is 14.5. The molecule has 104 valence electrons. The van der Waals surface area contributed by atoms with E-state index in [-0.39, 0.29) is 12.3 Å². The summed E-state index contributed by atoms with van der Waals surface area (Å²) in [5.74, 6) is -0.980. The summed E-state index contributed by atoms with van der Waals surface area (Å²) in [7, 11) is 0. The van der Waals surface area contributed by atoms with Gasteiger partial charge in [0.1, 0.15) is 0 Å². The van der Waals surface area contributed by atoms with Crippen LogP contribution in [0.3, 0.4) is 0 Å². The molecule has 1 heterocycles. The van der Waals surface area contributed by atoms with Gasteiger partial charge in [-0.2, -0.15) is 0 Å². The van der Waals surface area contributed by atoms with Gasteiger partial charge < -0.3 is 10.4 Å². The van der Waals surface area contributed by atoms with Crippen molar-refractivity contribution in [2.24, 2.45) is 0 Å². The molecule has 0 radical (unpaired) electrons. The number of carbonyl (C=O) groups is 2. The van der Waals surface area contributed by atoms with Crippen molar-refractivity contribution in [2.75, 3.05) is 5.32 Å². The van der Waals surface area contributed by atoms with Gasteiger partial charge in [-0.15, -0.1) is 11.3 Å². The van der Waals surface area contributed by atoms with E-state index in [1.165, 1.54) is 11.3 Å². The molecule has 0 aliphatic rings. The van der Waals surface area contributed by atoms with Crippen molar-refractivity contribution >= 4 is 51.5 Å². The first-order valence-electron chi connectivity index (χ1n) is 5.91. The lowest BCUT2D eigenvalue weighted by Crippen LogP contribution is -2.11. The Bertz CT molecular complexity index is 639. The highest BCUT2D eigenvalue weighted by Gasteiger charge is 2.08. The molecule has 6 heteroatoms. The second-order valence-corrected chi connectivity index (χ2v) is 6.99. The Kier molecular flexibility index (Phi) is 5.13. The Morgan fingerprint density at radius 2 is 2.10 bits per heavy atom. The zero-order valence-electron chi connectivity index (χ0n) is 10.4. The molecule has 1 aromatic carbocycles. The first-order chi connectivity index (χ1) is 9.54. The minimum atomic E-state index is -0.827. The zero-order valence-corrected chi connectivity index (χ0v) is 13.4. The number of carboxylic acid groups (broad SMARTS) is 1. The molecule has 0 unspecified atom stereocenters. The maximum atomic E-state index is 12.0. The first-order valence-corrected chi connectivity index (χ1v) is 7.86. The van der Waals surface area contributed by atoms with Crippen LogP contribution < -0.4 is 5.32 Å². The van der Waals surface area contributed by atoms with Gasteiger partial charge in [0.25, 0.3) is 5.91 Å². The molecule has 0 atom stereocenters. The topological polar surface area (TPSA) is 66.4 Å². The van der Waals surface area contributed by atoms with Crippen LogP contribution in [-0.4, -0.2) is 17.0 Å². The highest BCUT2D eigenvalue weighted by Crippen LogP contribution is 2.19. The Hall–Kier alpha value is -1.41. The third-order valence-electron chi connectivity index (χ3n) is 2.64. The van der Waals surface area contributed by atoms with E-state index >= 15 is 0 Å². The molecule has 0 fully saturated rings. The third-order valence-corrected chi connectivity index (χ3v) is 4.43. The van der Waals surface area contributed by atoms with Gasteiger partial charge in [0.2, 0.25) is 0 Å². The molecule has 4 nitrogen and oxygen atoms in total. The van der Waals surface area contributed by atoms with Gasteiger partial charge in [0.15, 0.2) is 0 Å². The normalized spacial score (nSPS) is 10.2. The van der Waals surface area contributed by atoms with Crippen molar-refractivity contribution in [1.82, 2.24) is 0 Å². The molecule has 1 amide bonds. The molecule has 2 rings (SSSR count). The molecule has 2 aromatic rings. The number of amides is 1. The van der Waals surface area contributed by atoms with Crippen molar-refractivity contribution in [1.29, 1.82) is 0 Å². The summed E-state index contributed by atoms with van der Waals surface area (Å²) in [4.78, 5) is 22.6. The Labute approximate surface area is 134 Å². The van der Waals surface area contributed by atoms with Crippen LogP contribution in [-0.2, 0) is 11.2 Å². The summed E-state index contributed by atoms with van der Waals surface area (Å²) in [6, 6.07) is 9.09. The van der Waals surface area contributed by atoms with Gasteiger partial charge in [-0.1, -0.05) is 12.1 Å². The fourth-order valence-electron chi connectivity index (χ4n) is 1.69. The molecule has 0 saturated heterocycles. The van der Waals surface area contributed by atoms with Crippen LogP contribution in [0, 0.1) is 2.88 Å². The fraction of sp³-hybridized carbons (Fsp3) is 0.143. The standard InChI is InChI=1S/C14H12INO3S/c15-12-7-10(8-20-12)14(19)16-11-3-1-2-9(6-11)4-5-13(17)18/h1-3,6-8H,4-5H2,(H,16,19)(H,17,18). The minimum Gasteiger partial charge on any atom is -0.481 e. The quantitative estimate of drug-likeness (QED) is 0.753. The van der Waals surface area contributed by atoms with Gasteiger partial charge in [0.05, 0.1) is 8.45 Å². The van der Waals surface area contributed by atoms with Gasteiger partial charge >= 0.3 is 5.97 Å². The first kappa shape index (κ1) is 15.0. The summed E-state index contributed by atoms with van der Waals surface area (Å²) in [6.07, 6.45) is 0.537. The van der Waals surface area contributed by atoms with Crippen LogP contribution in [0.1, 0.15) is 22.3 Å². The number of carboxylic acids is 1. The van der Waals surface area contributed by atoms with E-state index in [1.807, 2.05) is 23.6 Å². The number of benzene rings is 1. The number of hydrogen-bond donors (Lipinski definition) is 2. The molecule has 0 aliphatic carbocycles. The Morgan fingerprint density at radius 3 is 2.75 bits per heavy atom. The monoisotopic (exact) mass is 401 g/mol. The Balaban J connectivity index is 2.04. The largest absolute Gasteiger partial charge is 0.481 e. The summed E-state index contributed by atoms with van der Waals surface area (Å²) < 4.78 is 1.06. The number of carbonyl (C=O) groups excluding carboxylic acids is 1. The molecule has 1 aromatic heterocycles. The molecule has 20 heavy (non-hydrogen) atoms. The highest BCUT2D eigenvalue weighted by molar-refractivity contribution is 14.1. The summed E-state index contributed by atoms with van der Waals surface area (Å²) in [5, 5.41) is 13.3. The van der Waals surface area contributed by atoms with Crippen molar-refractivity contribution in [2.45, 2.75) is 12.8 Å². The lowest BCUT2D eigenvalue weighted by Gasteiger charge is -2.06. The predicted octanol–water partition coefficient (Wildman–Crippen LogP) is 3.62. The Morgan fingerprint density at radius 1 is 1.30 bits per heavy atom. The van der Waals surface area contributed by atoms with Gasteiger partial charge in [0, 0.05) is 17.5 Å². The third kappa shape index (κ3) is 4.31. The molecular weight excluding hydrogens is 389 g/mol. The average molecular weight is 401 g/mol. The van der Waals surface area contributed by atoms with E-state index in [9.17, 15) is 9.59 Å². The van der Waals surface area contributed by atoms with Crippen molar-refractivity contribution in [3.05, 3.63) is 49.7 Å². The molecular formula is C14H12INO3S. The summed E-state index contributed by atoms with van der Waals surface area (Å²) in [6.45, 7) is 0. The molecule has 0 bridgehead atoms. The van der Waals surface area contributed by atoms with Crippen LogP contribution >= 0.6 is 33.9 Å². The SMILES string of the molecule is O=C(O)CCc1cccc(NC(=O)c2csc(I)c2)c1. The number of aryl methyl sites for hydroxylation is 1. The fourth-order valence-corrected chi connectivity index (χ4v) is 3.01. The van der Waals surface area contributed by atoms with E-state index in [2.05, 4.69) is 27.9 Å². The number of rotatable bonds is 5. The summed E-state index contributed by atoms with van der Waals surface area (Å²) in [5.41, 5.74) is 2.21. The molecule has 2 N–H and O–H groups in total. The van der Waals surface area contributed by atoms with Crippen molar-refractivity contribution < 1.29 is 14.7 Å². The number of thiophene rings is 1. The minimum absolute atomic E-state index is 0.0835.